The zero-order valence-electron chi connectivity index (χ0n) is 16.3. The lowest BCUT2D eigenvalue weighted by molar-refractivity contribution is -0.384. The first-order chi connectivity index (χ1) is 15.0. The van der Waals surface area contributed by atoms with Gasteiger partial charge in [-0.25, -0.2) is 0 Å². The van der Waals surface area contributed by atoms with Gasteiger partial charge in [0.1, 0.15) is 0 Å². The van der Waals surface area contributed by atoms with Gasteiger partial charge in [-0.3, -0.25) is 19.7 Å². The Balaban J connectivity index is 1.61. The second-order valence-electron chi connectivity index (χ2n) is 7.90. The summed E-state index contributed by atoms with van der Waals surface area (Å²) in [4.78, 5) is 36.4. The summed E-state index contributed by atoms with van der Waals surface area (Å²) in [5, 5.41) is 24.0. The number of carbonyl (C=O) groups is 2. The van der Waals surface area contributed by atoms with Crippen molar-refractivity contribution in [1.82, 2.24) is 0 Å². The third-order valence-corrected chi connectivity index (χ3v) is 6.35. The fourth-order valence-corrected chi connectivity index (χ4v) is 5.21. The number of nitro groups is 1. The maximum absolute atomic E-state index is 13.4. The highest BCUT2D eigenvalue weighted by molar-refractivity contribution is 5.98. The second kappa shape index (κ2) is 7.05. The number of carbonyl (C=O) groups excluding carboxylic acids is 1. The van der Waals surface area contributed by atoms with Gasteiger partial charge in [0.15, 0.2) is 0 Å². The van der Waals surface area contributed by atoms with Crippen molar-refractivity contribution < 1.29 is 19.6 Å². The molecule has 7 nitrogen and oxygen atoms in total. The first-order valence-electron chi connectivity index (χ1n) is 9.93. The molecule has 0 unspecified atom stereocenters. The van der Waals surface area contributed by atoms with Crippen molar-refractivity contribution in [2.45, 2.75) is 11.8 Å². The van der Waals surface area contributed by atoms with E-state index in [1.54, 1.807) is 6.07 Å². The van der Waals surface area contributed by atoms with Gasteiger partial charge >= 0.3 is 5.97 Å². The van der Waals surface area contributed by atoms with Gasteiger partial charge in [0.2, 0.25) is 5.91 Å². The van der Waals surface area contributed by atoms with Crippen LogP contribution in [-0.4, -0.2) is 21.9 Å². The Bertz CT molecular complexity index is 1190. The summed E-state index contributed by atoms with van der Waals surface area (Å²) in [5.41, 5.74) is 3.93. The Kier molecular flexibility index (Phi) is 4.32. The first kappa shape index (κ1) is 19.0. The highest BCUT2D eigenvalue weighted by Crippen LogP contribution is 2.58. The molecular weight excluding hydrogens is 396 g/mol. The predicted octanol–water partition coefficient (Wildman–Crippen LogP) is 4.14. The highest BCUT2D eigenvalue weighted by Gasteiger charge is 2.55. The van der Waals surface area contributed by atoms with E-state index in [0.29, 0.717) is 0 Å². The largest absolute Gasteiger partial charge is 0.481 e. The summed E-state index contributed by atoms with van der Waals surface area (Å²) < 4.78 is 0. The lowest BCUT2D eigenvalue weighted by atomic mass is 9.54. The van der Waals surface area contributed by atoms with Crippen molar-refractivity contribution in [1.29, 1.82) is 0 Å². The summed E-state index contributed by atoms with van der Waals surface area (Å²) >= 11 is 0. The molecule has 0 aromatic heterocycles. The molecule has 0 saturated heterocycles. The Morgan fingerprint density at radius 1 is 0.806 bits per heavy atom. The Morgan fingerprint density at radius 3 is 1.81 bits per heavy atom. The zero-order chi connectivity index (χ0) is 21.7. The van der Waals surface area contributed by atoms with Crippen LogP contribution >= 0.6 is 0 Å². The minimum absolute atomic E-state index is 0.145. The standard InChI is InChI=1S/C24H18N2O5/c27-23(25-13-6-5-7-14(12-13)26(30)31)21-19-15-8-1-3-10-17(15)20(22(21)24(28)29)18-11-4-2-9-16(18)19/h1-12,19-22H,(H,25,27)(H,28,29)/t19?,20?,21-,22-/m0/s1. The molecule has 0 spiro atoms. The fourth-order valence-electron chi connectivity index (χ4n) is 5.21. The van der Waals surface area contributed by atoms with E-state index in [-0.39, 0.29) is 11.4 Å². The third-order valence-electron chi connectivity index (χ3n) is 6.35. The van der Waals surface area contributed by atoms with E-state index >= 15 is 0 Å². The normalized spacial score (nSPS) is 22.8. The van der Waals surface area contributed by atoms with Crippen LogP contribution in [0.1, 0.15) is 34.1 Å². The van der Waals surface area contributed by atoms with Crippen LogP contribution in [-0.2, 0) is 9.59 Å². The predicted molar refractivity (Wildman–Crippen MR) is 113 cm³/mol. The van der Waals surface area contributed by atoms with E-state index < -0.39 is 40.5 Å². The monoisotopic (exact) mass is 414 g/mol. The van der Waals surface area contributed by atoms with Crippen LogP contribution in [0.2, 0.25) is 0 Å². The van der Waals surface area contributed by atoms with Gasteiger partial charge in [-0.15, -0.1) is 0 Å². The number of nitro benzene ring substituents is 1. The van der Waals surface area contributed by atoms with Crippen molar-refractivity contribution in [3.05, 3.63) is 105 Å². The summed E-state index contributed by atoms with van der Waals surface area (Å²) in [6.45, 7) is 0. The minimum atomic E-state index is -1.03. The van der Waals surface area contributed by atoms with Crippen LogP contribution < -0.4 is 5.32 Å². The highest BCUT2D eigenvalue weighted by atomic mass is 16.6. The van der Waals surface area contributed by atoms with Gasteiger partial charge in [-0.1, -0.05) is 54.6 Å². The smallest absolute Gasteiger partial charge is 0.308 e. The molecule has 3 aromatic rings. The average Bonchev–Trinajstić information content (AvgIpc) is 2.78. The lowest BCUT2D eigenvalue weighted by Gasteiger charge is -2.48. The van der Waals surface area contributed by atoms with Crippen LogP contribution in [0, 0.1) is 22.0 Å². The van der Waals surface area contributed by atoms with E-state index in [0.717, 1.165) is 22.3 Å². The maximum Gasteiger partial charge on any atom is 0.308 e. The van der Waals surface area contributed by atoms with Crippen LogP contribution in [0.5, 0.6) is 0 Å². The zero-order valence-corrected chi connectivity index (χ0v) is 16.3. The number of amides is 1. The van der Waals surface area contributed by atoms with E-state index in [1.165, 1.54) is 18.2 Å². The molecule has 0 heterocycles. The van der Waals surface area contributed by atoms with Crippen LogP contribution in [0.3, 0.4) is 0 Å². The molecule has 6 rings (SSSR count). The first-order valence-corrected chi connectivity index (χ1v) is 9.93. The molecule has 2 atom stereocenters. The average molecular weight is 414 g/mol. The quantitative estimate of drug-likeness (QED) is 0.493. The molecule has 3 aliphatic carbocycles. The molecule has 31 heavy (non-hydrogen) atoms. The van der Waals surface area contributed by atoms with Crippen molar-refractivity contribution in [2.75, 3.05) is 5.32 Å². The molecule has 0 fully saturated rings. The summed E-state index contributed by atoms with van der Waals surface area (Å²) in [5.74, 6) is -4.10. The Morgan fingerprint density at radius 2 is 1.32 bits per heavy atom. The van der Waals surface area contributed by atoms with Crippen LogP contribution in [0.15, 0.2) is 72.8 Å². The number of fused-ring (bicyclic) bond motifs is 1. The lowest BCUT2D eigenvalue weighted by Crippen LogP contribution is -2.48. The van der Waals surface area contributed by atoms with E-state index in [1.807, 2.05) is 48.5 Å². The van der Waals surface area contributed by atoms with E-state index in [9.17, 15) is 24.8 Å². The SMILES string of the molecule is O=C(O)[C@H]1C2c3ccccc3C(c3ccccc32)[C@@H]1C(=O)Nc1cccc([N+](=O)[O-])c1. The molecule has 2 N–H and O–H groups in total. The van der Waals surface area contributed by atoms with Crippen LogP contribution in [0.4, 0.5) is 11.4 Å². The van der Waals surface area contributed by atoms with Gasteiger partial charge < -0.3 is 10.4 Å². The van der Waals surface area contributed by atoms with Crippen molar-refractivity contribution >= 4 is 23.3 Å². The third kappa shape index (κ3) is 2.89. The number of non-ortho nitro benzene ring substituents is 1. The molecule has 0 aliphatic heterocycles. The van der Waals surface area contributed by atoms with E-state index in [4.69, 9.17) is 0 Å². The molecule has 7 heteroatoms. The molecular formula is C24H18N2O5. The molecule has 1 amide bonds. The number of carboxylic acid groups (broad SMARTS) is 1. The molecule has 2 bridgehead atoms. The molecule has 3 aromatic carbocycles. The topological polar surface area (TPSA) is 110 Å². The van der Waals surface area contributed by atoms with Crippen LogP contribution in [0.25, 0.3) is 0 Å². The van der Waals surface area contributed by atoms with Gasteiger partial charge in [0.25, 0.3) is 5.69 Å². The number of hydrogen-bond acceptors (Lipinski definition) is 4. The number of nitrogens with zero attached hydrogens (tertiary/aromatic N) is 1. The van der Waals surface area contributed by atoms with Crippen molar-refractivity contribution in [2.24, 2.45) is 11.8 Å². The summed E-state index contributed by atoms with van der Waals surface area (Å²) in [6, 6.07) is 21.0. The molecule has 154 valence electrons. The Labute approximate surface area is 177 Å². The molecule has 0 saturated carbocycles. The number of hydrogen-bond donors (Lipinski definition) is 2. The van der Waals surface area contributed by atoms with Crippen molar-refractivity contribution in [3.63, 3.8) is 0 Å². The van der Waals surface area contributed by atoms with Gasteiger partial charge in [0.05, 0.1) is 16.8 Å². The van der Waals surface area contributed by atoms with Crippen molar-refractivity contribution in [3.8, 4) is 0 Å². The maximum atomic E-state index is 13.4. The Hall–Kier alpha value is -4.00. The minimum Gasteiger partial charge on any atom is -0.481 e. The van der Waals surface area contributed by atoms with Gasteiger partial charge in [0, 0.05) is 29.7 Å². The number of rotatable bonds is 4. The summed E-state index contributed by atoms with van der Waals surface area (Å²) in [7, 11) is 0. The number of anilines is 1. The molecule has 0 radical (unpaired) electrons. The van der Waals surface area contributed by atoms with E-state index in [2.05, 4.69) is 5.32 Å². The fraction of sp³-hybridized carbons (Fsp3) is 0.167. The number of nitrogens with one attached hydrogen (secondary N) is 1. The number of aliphatic carboxylic acids is 1. The van der Waals surface area contributed by atoms with Gasteiger partial charge in [-0.2, -0.15) is 0 Å². The molecule has 3 aliphatic rings. The number of carboxylic acids is 1. The van der Waals surface area contributed by atoms with Gasteiger partial charge in [-0.05, 0) is 28.3 Å². The summed E-state index contributed by atoms with van der Waals surface area (Å²) in [6.07, 6.45) is 0. The number of benzene rings is 3. The second-order valence-corrected chi connectivity index (χ2v) is 7.90.